The molecule has 5 aromatic carbocycles. The summed E-state index contributed by atoms with van der Waals surface area (Å²) in [5.74, 6) is 0. The maximum absolute atomic E-state index is 2.30. The first-order chi connectivity index (χ1) is 17.8. The Hall–Kier alpha value is -3.11. The Labute approximate surface area is 227 Å². The molecule has 0 amide bonds. The van der Waals surface area contributed by atoms with Crippen LogP contribution in [-0.2, 0) is 0 Å². The van der Waals surface area contributed by atoms with E-state index < -0.39 is 6.15 Å². The van der Waals surface area contributed by atoms with Gasteiger partial charge in [-0.3, -0.25) is 0 Å². The fourth-order valence-electron chi connectivity index (χ4n) is 5.01. The minimum Gasteiger partial charge on any atom is -0.200 e. The standard InChI is InChI=1S/C22H24B.C12H10I/c1-2-3-19-23(20-13-7-4-8-14-20,21-15-9-5-10-16-21)22-17-11-6-12-18-22;1-3-7-11(8-4-1)13-12-9-5-2-6-10-12/h4-18H,2-3,19H2,1H3;1-10H/q-1;+1. The third-order valence-electron chi connectivity index (χ3n) is 6.78. The van der Waals surface area contributed by atoms with Crippen LogP contribution in [0.5, 0.6) is 0 Å². The predicted molar refractivity (Wildman–Crippen MR) is 154 cm³/mol. The molecule has 0 spiro atoms. The van der Waals surface area contributed by atoms with Crippen molar-refractivity contribution in [2.45, 2.75) is 26.1 Å². The summed E-state index contributed by atoms with van der Waals surface area (Å²) in [6, 6.07) is 54.6. The highest BCUT2D eigenvalue weighted by Gasteiger charge is 2.28. The van der Waals surface area contributed by atoms with Gasteiger partial charge in [-0.05, 0) is 24.3 Å². The van der Waals surface area contributed by atoms with Gasteiger partial charge in [0.25, 0.3) is 0 Å². The zero-order valence-electron chi connectivity index (χ0n) is 21.0. The van der Waals surface area contributed by atoms with Gasteiger partial charge in [-0.2, -0.15) is 22.7 Å². The monoisotopic (exact) mass is 580 g/mol. The normalized spacial score (nSPS) is 10.8. The molecule has 0 radical (unpaired) electrons. The molecule has 0 saturated heterocycles. The van der Waals surface area contributed by atoms with Crippen molar-refractivity contribution in [3.8, 4) is 0 Å². The van der Waals surface area contributed by atoms with E-state index in [9.17, 15) is 0 Å². The second kappa shape index (κ2) is 13.8. The number of rotatable bonds is 8. The molecule has 0 nitrogen and oxygen atoms in total. The van der Waals surface area contributed by atoms with E-state index in [1.54, 1.807) is 0 Å². The molecule has 0 saturated carbocycles. The van der Waals surface area contributed by atoms with Crippen molar-refractivity contribution in [1.29, 1.82) is 0 Å². The minimum atomic E-state index is -0.913. The van der Waals surface area contributed by atoms with Gasteiger partial charge in [-0.1, -0.05) is 147 Å². The summed E-state index contributed by atoms with van der Waals surface area (Å²) in [5, 5.41) is 0. The van der Waals surface area contributed by atoms with Crippen molar-refractivity contribution < 1.29 is 21.2 Å². The molecule has 0 aliphatic heterocycles. The average molecular weight is 580 g/mol. The van der Waals surface area contributed by atoms with Crippen LogP contribution in [0.2, 0.25) is 6.32 Å². The molecule has 0 N–H and O–H groups in total. The van der Waals surface area contributed by atoms with Crippen LogP contribution in [0.1, 0.15) is 19.8 Å². The van der Waals surface area contributed by atoms with Crippen LogP contribution in [0.15, 0.2) is 152 Å². The smallest absolute Gasteiger partial charge is 0.200 e. The molecule has 2 heteroatoms. The zero-order valence-corrected chi connectivity index (χ0v) is 23.2. The van der Waals surface area contributed by atoms with Crippen molar-refractivity contribution in [3.05, 3.63) is 159 Å². The van der Waals surface area contributed by atoms with E-state index in [-0.39, 0.29) is 21.2 Å². The molecule has 0 heterocycles. The number of hydrogen-bond acceptors (Lipinski definition) is 0. The lowest BCUT2D eigenvalue weighted by Crippen LogP contribution is -3.61. The number of halogens is 1. The van der Waals surface area contributed by atoms with Gasteiger partial charge in [0.1, 0.15) is 0 Å². The molecule has 0 aliphatic rings. The number of unbranched alkanes of at least 4 members (excludes halogenated alkanes) is 1. The summed E-state index contributed by atoms with van der Waals surface area (Å²) in [6.45, 7) is 2.28. The quantitative estimate of drug-likeness (QED) is 0.194. The van der Waals surface area contributed by atoms with Crippen LogP contribution in [0.3, 0.4) is 0 Å². The van der Waals surface area contributed by atoms with E-state index in [1.807, 2.05) is 0 Å². The van der Waals surface area contributed by atoms with Crippen molar-refractivity contribution in [2.75, 3.05) is 0 Å². The van der Waals surface area contributed by atoms with Gasteiger partial charge < -0.3 is 0 Å². The molecule has 36 heavy (non-hydrogen) atoms. The molecule has 0 unspecified atom stereocenters. The van der Waals surface area contributed by atoms with E-state index in [1.165, 1.54) is 42.7 Å². The maximum Gasteiger partial charge on any atom is 0.357 e. The van der Waals surface area contributed by atoms with Crippen LogP contribution >= 0.6 is 0 Å². The summed E-state index contributed by atoms with van der Waals surface area (Å²) >= 11 is 0.0287. The molecular formula is C34H34BI. The fourth-order valence-corrected chi connectivity index (χ4v) is 7.28. The fraction of sp³-hybridized carbons (Fsp3) is 0.118. The van der Waals surface area contributed by atoms with Crippen LogP contribution in [-0.4, -0.2) is 6.15 Å². The van der Waals surface area contributed by atoms with Gasteiger partial charge in [0.15, 0.2) is 7.14 Å². The molecular weight excluding hydrogens is 546 g/mol. The average Bonchev–Trinajstić information content (AvgIpc) is 2.97. The Morgan fingerprint density at radius 2 is 0.750 bits per heavy atom. The Kier molecular flexibility index (Phi) is 9.99. The Balaban J connectivity index is 0.000000197. The molecule has 0 fully saturated rings. The van der Waals surface area contributed by atoms with Gasteiger partial charge in [0.05, 0.1) is 6.15 Å². The lowest BCUT2D eigenvalue weighted by molar-refractivity contribution is -0.597. The van der Waals surface area contributed by atoms with Crippen molar-refractivity contribution in [1.82, 2.24) is 0 Å². The lowest BCUT2D eigenvalue weighted by Gasteiger charge is -2.43. The van der Waals surface area contributed by atoms with Crippen molar-refractivity contribution >= 4 is 22.5 Å². The van der Waals surface area contributed by atoms with Crippen LogP contribution < -0.4 is 37.6 Å². The van der Waals surface area contributed by atoms with E-state index in [4.69, 9.17) is 0 Å². The summed E-state index contributed by atoms with van der Waals surface area (Å²) in [5.41, 5.74) is 4.33. The number of hydrogen-bond donors (Lipinski definition) is 0. The van der Waals surface area contributed by atoms with Gasteiger partial charge >= 0.3 is 21.2 Å². The van der Waals surface area contributed by atoms with Gasteiger partial charge in [-0.15, -0.1) is 0 Å². The van der Waals surface area contributed by atoms with Crippen LogP contribution in [0, 0.1) is 7.14 Å². The Morgan fingerprint density at radius 3 is 1.06 bits per heavy atom. The lowest BCUT2D eigenvalue weighted by atomic mass is 9.14. The summed E-state index contributed by atoms with van der Waals surface area (Å²) in [4.78, 5) is 0. The van der Waals surface area contributed by atoms with Crippen molar-refractivity contribution in [2.24, 2.45) is 0 Å². The van der Waals surface area contributed by atoms with Gasteiger partial charge in [-0.25, -0.2) is 0 Å². The first-order valence-electron chi connectivity index (χ1n) is 12.9. The third-order valence-corrected chi connectivity index (χ3v) is 9.46. The second-order valence-corrected chi connectivity index (χ2v) is 12.1. The van der Waals surface area contributed by atoms with E-state index >= 15 is 0 Å². The molecule has 0 aliphatic carbocycles. The minimum absolute atomic E-state index is 0.0287. The van der Waals surface area contributed by atoms with E-state index in [0.29, 0.717) is 0 Å². The van der Waals surface area contributed by atoms with Gasteiger partial charge in [0, 0.05) is 0 Å². The van der Waals surface area contributed by atoms with Crippen molar-refractivity contribution in [3.63, 3.8) is 0 Å². The van der Waals surface area contributed by atoms with Crippen LogP contribution in [0.25, 0.3) is 0 Å². The zero-order chi connectivity index (χ0) is 24.9. The molecule has 0 aromatic heterocycles. The summed E-state index contributed by atoms with van der Waals surface area (Å²) in [6.07, 6.45) is 2.73. The Bertz CT molecular complexity index is 1120. The Morgan fingerprint density at radius 1 is 0.444 bits per heavy atom. The molecule has 5 aromatic rings. The predicted octanol–water partition coefficient (Wildman–Crippen LogP) is 3.77. The van der Waals surface area contributed by atoms with E-state index in [0.717, 1.165) is 0 Å². The SMILES string of the molecule is CCCC[B-](c1ccccc1)(c1ccccc1)c1ccccc1.c1ccc([I+]c2ccccc2)cc1. The highest BCUT2D eigenvalue weighted by atomic mass is 127. The largest absolute Gasteiger partial charge is 0.357 e. The maximum atomic E-state index is 2.30. The molecule has 0 bridgehead atoms. The second-order valence-electron chi connectivity index (χ2n) is 9.11. The summed E-state index contributed by atoms with van der Waals surface area (Å²) in [7, 11) is 0. The third kappa shape index (κ3) is 6.76. The van der Waals surface area contributed by atoms with Crippen LogP contribution in [0.4, 0.5) is 0 Å². The molecule has 180 valence electrons. The highest BCUT2D eigenvalue weighted by Crippen LogP contribution is 2.16. The van der Waals surface area contributed by atoms with Gasteiger partial charge in [0.2, 0.25) is 0 Å². The highest BCUT2D eigenvalue weighted by molar-refractivity contribution is 7.11. The number of benzene rings is 5. The molecule has 5 rings (SSSR count). The van der Waals surface area contributed by atoms with E-state index in [2.05, 4.69) is 159 Å². The topological polar surface area (TPSA) is 0 Å². The first-order valence-corrected chi connectivity index (χ1v) is 15.1. The molecule has 0 atom stereocenters. The first kappa shape index (κ1) is 26.0. The summed E-state index contributed by atoms with van der Waals surface area (Å²) < 4.78 is 2.96.